The van der Waals surface area contributed by atoms with E-state index in [2.05, 4.69) is 6.92 Å². The topological polar surface area (TPSA) is 0 Å². The number of hydrogen-bond acceptors (Lipinski definition) is 0. The fourth-order valence-corrected chi connectivity index (χ4v) is 3.62. The molecule has 2 aliphatic carbocycles. The summed E-state index contributed by atoms with van der Waals surface area (Å²) in [6.07, 6.45) is 15.3. The van der Waals surface area contributed by atoms with Crippen molar-refractivity contribution in [3.8, 4) is 0 Å². The van der Waals surface area contributed by atoms with E-state index in [9.17, 15) is 0 Å². The van der Waals surface area contributed by atoms with Gasteiger partial charge in [0.1, 0.15) is 0 Å². The van der Waals surface area contributed by atoms with Crippen LogP contribution in [0.15, 0.2) is 0 Å². The van der Waals surface area contributed by atoms with Gasteiger partial charge in [-0.2, -0.15) is 0 Å². The maximum absolute atomic E-state index is 2.47. The summed E-state index contributed by atoms with van der Waals surface area (Å²) in [5, 5.41) is 0. The molecule has 17 heavy (non-hydrogen) atoms. The molecular weight excluding hydrogens is 248 g/mol. The van der Waals surface area contributed by atoms with Gasteiger partial charge in [0.25, 0.3) is 0 Å². The number of hydrogen-bond donors (Lipinski definition) is 0. The Balaban J connectivity index is 0. The van der Waals surface area contributed by atoms with Crippen LogP contribution < -0.4 is 0 Å². The fourth-order valence-electron chi connectivity index (χ4n) is 3.62. The van der Waals surface area contributed by atoms with Gasteiger partial charge >= 0.3 is 17.1 Å². The van der Waals surface area contributed by atoms with Crippen molar-refractivity contribution in [1.82, 2.24) is 0 Å². The molecule has 0 aromatic rings. The molecular formula is C16H32Fe. The average molecular weight is 280 g/mol. The second kappa shape index (κ2) is 10.4. The zero-order chi connectivity index (χ0) is 9.80. The Bertz CT molecular complexity index is 161. The maximum atomic E-state index is 2.47. The zero-order valence-corrected chi connectivity index (χ0v) is 13.3. The summed E-state index contributed by atoms with van der Waals surface area (Å²) in [5.41, 5.74) is 0. The largest absolute Gasteiger partial charge is 2.00 e. The SMILES string of the molecule is CC1CCCC1CCCC1CCCC1.[CH3-].[CH3-].[Fe+2]. The van der Waals surface area contributed by atoms with Crippen molar-refractivity contribution >= 4 is 0 Å². The molecule has 0 aromatic carbocycles. The van der Waals surface area contributed by atoms with E-state index in [-0.39, 0.29) is 31.9 Å². The Hall–Kier alpha value is 0.519. The summed E-state index contributed by atoms with van der Waals surface area (Å²) in [7, 11) is 0. The molecule has 0 aliphatic heterocycles. The van der Waals surface area contributed by atoms with Crippen molar-refractivity contribution in [2.24, 2.45) is 17.8 Å². The molecule has 2 rings (SSSR count). The Morgan fingerprint density at radius 2 is 1.47 bits per heavy atom. The van der Waals surface area contributed by atoms with E-state index in [1.807, 2.05) is 0 Å². The van der Waals surface area contributed by atoms with Crippen LogP contribution in [0.2, 0.25) is 0 Å². The summed E-state index contributed by atoms with van der Waals surface area (Å²) in [4.78, 5) is 0. The van der Waals surface area contributed by atoms with Crippen LogP contribution >= 0.6 is 0 Å². The molecule has 1 heteroatoms. The first-order valence-corrected chi connectivity index (χ1v) is 6.86. The third-order valence-electron chi connectivity index (χ3n) is 4.70. The number of rotatable bonds is 4. The maximum Gasteiger partial charge on any atom is 2.00 e. The molecule has 0 saturated heterocycles. The van der Waals surface area contributed by atoms with Gasteiger partial charge in [-0.25, -0.2) is 0 Å². The molecule has 2 saturated carbocycles. The van der Waals surface area contributed by atoms with E-state index in [1.54, 1.807) is 19.3 Å². The minimum atomic E-state index is 0. The standard InChI is InChI=1S/C14H26.2CH3.Fe/c1-12-6-4-10-14(12)11-5-9-13-7-2-3-8-13;;;/h12-14H,2-11H2,1H3;2*1H3;/q;2*-1;+2. The van der Waals surface area contributed by atoms with Crippen molar-refractivity contribution in [3.63, 3.8) is 0 Å². The van der Waals surface area contributed by atoms with E-state index < -0.39 is 0 Å². The molecule has 2 unspecified atom stereocenters. The van der Waals surface area contributed by atoms with Gasteiger partial charge in [0, 0.05) is 0 Å². The quantitative estimate of drug-likeness (QED) is 0.459. The van der Waals surface area contributed by atoms with Gasteiger partial charge in [-0.3, -0.25) is 0 Å². The van der Waals surface area contributed by atoms with Gasteiger partial charge in [-0.05, 0) is 17.8 Å². The zero-order valence-electron chi connectivity index (χ0n) is 12.2. The monoisotopic (exact) mass is 280 g/mol. The van der Waals surface area contributed by atoms with Crippen LogP contribution in [-0.2, 0) is 17.1 Å². The van der Waals surface area contributed by atoms with Crippen molar-refractivity contribution in [2.75, 3.05) is 0 Å². The van der Waals surface area contributed by atoms with Gasteiger partial charge in [0.2, 0.25) is 0 Å². The molecule has 0 nitrogen and oxygen atoms in total. The van der Waals surface area contributed by atoms with E-state index in [0.717, 1.165) is 17.8 Å². The van der Waals surface area contributed by atoms with Crippen LogP contribution in [0, 0.1) is 32.6 Å². The predicted molar refractivity (Wildman–Crippen MR) is 75.1 cm³/mol. The van der Waals surface area contributed by atoms with Crippen LogP contribution in [0.25, 0.3) is 0 Å². The molecule has 0 bridgehead atoms. The molecule has 2 aliphatic rings. The summed E-state index contributed by atoms with van der Waals surface area (Å²) >= 11 is 0. The Morgan fingerprint density at radius 1 is 0.824 bits per heavy atom. The van der Waals surface area contributed by atoms with E-state index in [0.29, 0.717) is 0 Å². The smallest absolute Gasteiger partial charge is 0.358 e. The molecule has 0 spiro atoms. The summed E-state index contributed by atoms with van der Waals surface area (Å²) < 4.78 is 0. The van der Waals surface area contributed by atoms with Gasteiger partial charge in [0.15, 0.2) is 0 Å². The van der Waals surface area contributed by atoms with Crippen LogP contribution in [0.4, 0.5) is 0 Å². The molecule has 0 N–H and O–H groups in total. The molecule has 0 aromatic heterocycles. The summed E-state index contributed by atoms with van der Waals surface area (Å²) in [6, 6.07) is 0. The van der Waals surface area contributed by atoms with Gasteiger partial charge in [-0.1, -0.05) is 71.1 Å². The van der Waals surface area contributed by atoms with Gasteiger partial charge in [0.05, 0.1) is 0 Å². The van der Waals surface area contributed by atoms with Crippen LogP contribution in [-0.4, -0.2) is 0 Å². The normalized spacial score (nSPS) is 28.1. The van der Waals surface area contributed by atoms with Gasteiger partial charge < -0.3 is 14.9 Å². The molecule has 0 radical (unpaired) electrons. The second-order valence-electron chi connectivity index (χ2n) is 5.75. The van der Waals surface area contributed by atoms with Crippen LogP contribution in [0.3, 0.4) is 0 Å². The molecule has 2 fully saturated rings. The van der Waals surface area contributed by atoms with Crippen molar-refractivity contribution in [3.05, 3.63) is 14.9 Å². The summed E-state index contributed by atoms with van der Waals surface area (Å²) in [6.45, 7) is 2.47. The van der Waals surface area contributed by atoms with Crippen molar-refractivity contribution in [2.45, 2.75) is 71.1 Å². The van der Waals surface area contributed by atoms with Crippen LogP contribution in [0.5, 0.6) is 0 Å². The fraction of sp³-hybridized carbons (Fsp3) is 0.875. The third-order valence-corrected chi connectivity index (χ3v) is 4.70. The van der Waals surface area contributed by atoms with E-state index >= 15 is 0 Å². The minimum Gasteiger partial charge on any atom is -0.358 e. The molecule has 0 heterocycles. The molecule has 104 valence electrons. The first-order chi connectivity index (χ1) is 6.86. The molecule has 0 amide bonds. The Kier molecular flexibility index (Phi) is 12.2. The Labute approximate surface area is 121 Å². The third kappa shape index (κ3) is 6.30. The molecule has 2 atom stereocenters. The summed E-state index contributed by atoms with van der Waals surface area (Å²) in [5.74, 6) is 3.25. The first kappa shape index (κ1) is 19.8. The van der Waals surface area contributed by atoms with E-state index in [1.165, 1.54) is 44.9 Å². The van der Waals surface area contributed by atoms with Crippen molar-refractivity contribution in [1.29, 1.82) is 0 Å². The van der Waals surface area contributed by atoms with E-state index in [4.69, 9.17) is 0 Å². The van der Waals surface area contributed by atoms with Crippen molar-refractivity contribution < 1.29 is 17.1 Å². The van der Waals surface area contributed by atoms with Crippen LogP contribution in [0.1, 0.15) is 71.1 Å². The minimum absolute atomic E-state index is 0. The van der Waals surface area contributed by atoms with Gasteiger partial charge in [-0.15, -0.1) is 0 Å². The predicted octanol–water partition coefficient (Wildman–Crippen LogP) is 5.68. The second-order valence-corrected chi connectivity index (χ2v) is 5.75. The Morgan fingerprint density at radius 3 is 2.00 bits per heavy atom. The average Bonchev–Trinajstić information content (AvgIpc) is 2.78. The first-order valence-electron chi connectivity index (χ1n) is 6.86.